The summed E-state index contributed by atoms with van der Waals surface area (Å²) in [5, 5.41) is 0. The van der Waals surface area contributed by atoms with Gasteiger partial charge < -0.3 is 0 Å². The number of rotatable bonds is 3. The second-order valence-corrected chi connectivity index (χ2v) is 3.92. The average molecular weight is 216 g/mol. The molecule has 0 radical (unpaired) electrons. The van der Waals surface area contributed by atoms with Gasteiger partial charge in [-0.2, -0.15) is 0 Å². The minimum atomic E-state index is 0.0609. The van der Waals surface area contributed by atoms with E-state index in [1.807, 2.05) is 31.5 Å². The molecule has 84 valence electrons. The summed E-state index contributed by atoms with van der Waals surface area (Å²) in [6.45, 7) is 5.41. The zero-order valence-corrected chi connectivity index (χ0v) is 9.68. The number of aromatic nitrogens is 2. The Hall–Kier alpha value is -1.77. The molecule has 1 aromatic heterocycles. The van der Waals surface area contributed by atoms with Crippen LogP contribution in [0.25, 0.3) is 0 Å². The Morgan fingerprint density at radius 2 is 1.81 bits per heavy atom. The second-order valence-electron chi connectivity index (χ2n) is 3.92. The molecule has 0 N–H and O–H groups in total. The molecule has 0 aliphatic carbocycles. The first-order valence-electron chi connectivity index (χ1n) is 5.52. The molecule has 16 heavy (non-hydrogen) atoms. The summed E-state index contributed by atoms with van der Waals surface area (Å²) in [6.07, 6.45) is 3.68. The van der Waals surface area contributed by atoms with E-state index in [2.05, 4.69) is 19.1 Å². The van der Waals surface area contributed by atoms with Gasteiger partial charge >= 0.3 is 5.69 Å². The summed E-state index contributed by atoms with van der Waals surface area (Å²) in [5.74, 6) is 0. The van der Waals surface area contributed by atoms with Gasteiger partial charge in [0, 0.05) is 18.9 Å². The summed E-state index contributed by atoms with van der Waals surface area (Å²) in [5.41, 5.74) is 2.47. The lowest BCUT2D eigenvalue weighted by Gasteiger charge is -2.05. The van der Waals surface area contributed by atoms with E-state index in [9.17, 15) is 4.79 Å². The van der Waals surface area contributed by atoms with Crippen LogP contribution in [0.15, 0.2) is 41.5 Å². The number of hydrogen-bond acceptors (Lipinski definition) is 1. The molecule has 3 heteroatoms. The van der Waals surface area contributed by atoms with Gasteiger partial charge in [0.25, 0.3) is 0 Å². The van der Waals surface area contributed by atoms with Crippen LogP contribution in [0.2, 0.25) is 0 Å². The van der Waals surface area contributed by atoms with Crippen molar-refractivity contribution in [1.29, 1.82) is 0 Å². The molecule has 0 atom stereocenters. The molecule has 1 heterocycles. The third-order valence-corrected chi connectivity index (χ3v) is 2.86. The molecular weight excluding hydrogens is 200 g/mol. The third-order valence-electron chi connectivity index (χ3n) is 2.86. The van der Waals surface area contributed by atoms with E-state index in [0.29, 0.717) is 6.54 Å². The summed E-state index contributed by atoms with van der Waals surface area (Å²) in [6, 6.07) is 8.14. The van der Waals surface area contributed by atoms with Gasteiger partial charge in [-0.15, -0.1) is 0 Å². The van der Waals surface area contributed by atoms with E-state index in [4.69, 9.17) is 0 Å². The molecule has 0 unspecified atom stereocenters. The van der Waals surface area contributed by atoms with Crippen LogP contribution in [0, 0.1) is 6.92 Å². The van der Waals surface area contributed by atoms with Gasteiger partial charge in [0.1, 0.15) is 0 Å². The van der Waals surface area contributed by atoms with Crippen molar-refractivity contribution in [1.82, 2.24) is 9.13 Å². The van der Waals surface area contributed by atoms with Crippen molar-refractivity contribution in [3.8, 4) is 0 Å². The standard InChI is InChI=1S/C13H16N2O/c1-3-14-8-9-15(13(14)16)10-12-7-5-4-6-11(12)2/h4-9H,3,10H2,1-2H3. The fourth-order valence-corrected chi connectivity index (χ4v) is 1.79. The van der Waals surface area contributed by atoms with Crippen molar-refractivity contribution >= 4 is 0 Å². The maximum absolute atomic E-state index is 11.8. The molecule has 0 bridgehead atoms. The normalized spacial score (nSPS) is 10.6. The predicted molar refractivity (Wildman–Crippen MR) is 64.6 cm³/mol. The summed E-state index contributed by atoms with van der Waals surface area (Å²) in [4.78, 5) is 11.8. The highest BCUT2D eigenvalue weighted by Crippen LogP contribution is 2.07. The van der Waals surface area contributed by atoms with E-state index in [1.54, 1.807) is 9.13 Å². The van der Waals surface area contributed by atoms with Crippen molar-refractivity contribution < 1.29 is 0 Å². The fourth-order valence-electron chi connectivity index (χ4n) is 1.79. The highest BCUT2D eigenvalue weighted by Gasteiger charge is 2.03. The Labute approximate surface area is 95.0 Å². The van der Waals surface area contributed by atoms with Crippen molar-refractivity contribution in [2.75, 3.05) is 0 Å². The smallest absolute Gasteiger partial charge is 0.300 e. The fraction of sp³-hybridized carbons (Fsp3) is 0.308. The topological polar surface area (TPSA) is 26.9 Å². The zero-order valence-electron chi connectivity index (χ0n) is 9.68. The quantitative estimate of drug-likeness (QED) is 0.771. The number of nitrogens with zero attached hydrogens (tertiary/aromatic N) is 2. The summed E-state index contributed by atoms with van der Waals surface area (Å²) >= 11 is 0. The number of imidazole rings is 1. The number of benzene rings is 1. The van der Waals surface area contributed by atoms with Crippen LogP contribution in [-0.2, 0) is 13.1 Å². The van der Waals surface area contributed by atoms with Crippen LogP contribution in [0.5, 0.6) is 0 Å². The van der Waals surface area contributed by atoms with Crippen LogP contribution >= 0.6 is 0 Å². The predicted octanol–water partition coefficient (Wildman–Crippen LogP) is 2.03. The van der Waals surface area contributed by atoms with Crippen molar-refractivity contribution in [3.63, 3.8) is 0 Å². The maximum atomic E-state index is 11.8. The van der Waals surface area contributed by atoms with E-state index < -0.39 is 0 Å². The SMILES string of the molecule is CCn1ccn(Cc2ccccc2C)c1=O. The van der Waals surface area contributed by atoms with Crippen molar-refractivity contribution in [2.24, 2.45) is 0 Å². The van der Waals surface area contributed by atoms with Gasteiger partial charge in [-0.05, 0) is 25.0 Å². The van der Waals surface area contributed by atoms with Crippen LogP contribution in [-0.4, -0.2) is 9.13 Å². The van der Waals surface area contributed by atoms with Crippen molar-refractivity contribution in [2.45, 2.75) is 26.9 Å². The van der Waals surface area contributed by atoms with Crippen molar-refractivity contribution in [3.05, 3.63) is 58.3 Å². The summed E-state index contributed by atoms with van der Waals surface area (Å²) < 4.78 is 3.45. The Kier molecular flexibility index (Phi) is 2.95. The van der Waals surface area contributed by atoms with Gasteiger partial charge in [-0.1, -0.05) is 24.3 Å². The molecule has 0 aliphatic heterocycles. The van der Waals surface area contributed by atoms with Gasteiger partial charge in [-0.3, -0.25) is 9.13 Å². The lowest BCUT2D eigenvalue weighted by Crippen LogP contribution is -2.24. The molecule has 1 aromatic carbocycles. The Morgan fingerprint density at radius 1 is 1.12 bits per heavy atom. The molecular formula is C13H16N2O. The Morgan fingerprint density at radius 3 is 2.44 bits per heavy atom. The molecule has 3 nitrogen and oxygen atoms in total. The van der Waals surface area contributed by atoms with Crippen LogP contribution in [0.4, 0.5) is 0 Å². The molecule has 0 fully saturated rings. The molecule has 0 aliphatic rings. The zero-order chi connectivity index (χ0) is 11.5. The number of hydrogen-bond donors (Lipinski definition) is 0. The molecule has 0 amide bonds. The van der Waals surface area contributed by atoms with Gasteiger partial charge in [0.2, 0.25) is 0 Å². The first kappa shape index (κ1) is 10.7. The maximum Gasteiger partial charge on any atom is 0.328 e. The molecule has 2 aromatic rings. The van der Waals surface area contributed by atoms with E-state index >= 15 is 0 Å². The monoisotopic (exact) mass is 216 g/mol. The Balaban J connectivity index is 2.31. The van der Waals surface area contributed by atoms with Gasteiger partial charge in [0.15, 0.2) is 0 Å². The molecule has 0 saturated heterocycles. The second kappa shape index (κ2) is 4.39. The third kappa shape index (κ3) is 1.94. The minimum absolute atomic E-state index is 0.0609. The Bertz CT molecular complexity index is 537. The first-order valence-corrected chi connectivity index (χ1v) is 5.52. The molecule has 0 spiro atoms. The van der Waals surface area contributed by atoms with E-state index in [-0.39, 0.29) is 5.69 Å². The van der Waals surface area contributed by atoms with Gasteiger partial charge in [0.05, 0.1) is 6.54 Å². The average Bonchev–Trinajstić information content (AvgIpc) is 2.63. The lowest BCUT2D eigenvalue weighted by atomic mass is 10.1. The lowest BCUT2D eigenvalue weighted by molar-refractivity contribution is 0.667. The van der Waals surface area contributed by atoms with Crippen LogP contribution < -0.4 is 5.69 Å². The van der Waals surface area contributed by atoms with Crippen LogP contribution in [0.1, 0.15) is 18.1 Å². The highest BCUT2D eigenvalue weighted by atomic mass is 16.1. The molecule has 0 saturated carbocycles. The first-order chi connectivity index (χ1) is 7.72. The van der Waals surface area contributed by atoms with E-state index in [1.165, 1.54) is 11.1 Å². The highest BCUT2D eigenvalue weighted by molar-refractivity contribution is 5.25. The molecule has 2 rings (SSSR count). The minimum Gasteiger partial charge on any atom is -0.300 e. The summed E-state index contributed by atoms with van der Waals surface area (Å²) in [7, 11) is 0. The number of aryl methyl sites for hydroxylation is 2. The van der Waals surface area contributed by atoms with Crippen LogP contribution in [0.3, 0.4) is 0 Å². The van der Waals surface area contributed by atoms with E-state index in [0.717, 1.165) is 6.54 Å². The largest absolute Gasteiger partial charge is 0.328 e. The van der Waals surface area contributed by atoms with Gasteiger partial charge in [-0.25, -0.2) is 4.79 Å².